The maximum absolute atomic E-state index is 6.23. The number of piperidine rings is 1. The van der Waals surface area contributed by atoms with Crippen molar-refractivity contribution in [1.82, 2.24) is 9.80 Å². The van der Waals surface area contributed by atoms with Crippen molar-refractivity contribution in [2.45, 2.75) is 37.3 Å². The third-order valence-corrected chi connectivity index (χ3v) is 6.00. The normalized spacial score (nSPS) is 40.4. The fourth-order valence-corrected chi connectivity index (χ4v) is 5.02. The summed E-state index contributed by atoms with van der Waals surface area (Å²) in [6, 6.07) is 0.754. The van der Waals surface area contributed by atoms with E-state index in [9.17, 15) is 0 Å². The van der Waals surface area contributed by atoms with Crippen molar-refractivity contribution in [2.24, 2.45) is 5.73 Å². The van der Waals surface area contributed by atoms with Crippen molar-refractivity contribution in [1.29, 1.82) is 0 Å². The molecule has 0 saturated carbocycles. The molecule has 3 rings (SSSR count). The van der Waals surface area contributed by atoms with Crippen LogP contribution in [-0.4, -0.2) is 65.6 Å². The number of thioether (sulfide) groups is 1. The molecular formula is C13H25N3S. The van der Waals surface area contributed by atoms with Crippen molar-refractivity contribution in [3.05, 3.63) is 0 Å². The molecule has 0 radical (unpaired) electrons. The smallest absolute Gasteiger partial charge is 0.0499 e. The first kappa shape index (κ1) is 12.3. The zero-order valence-electron chi connectivity index (χ0n) is 10.7. The molecule has 2 N–H and O–H groups in total. The van der Waals surface area contributed by atoms with Crippen molar-refractivity contribution in [3.8, 4) is 0 Å². The van der Waals surface area contributed by atoms with E-state index in [1.165, 1.54) is 63.4 Å². The Morgan fingerprint density at radius 3 is 2.71 bits per heavy atom. The van der Waals surface area contributed by atoms with Crippen LogP contribution in [0.15, 0.2) is 0 Å². The van der Waals surface area contributed by atoms with Gasteiger partial charge in [0.25, 0.3) is 0 Å². The summed E-state index contributed by atoms with van der Waals surface area (Å²) < 4.78 is 0. The number of nitrogens with zero attached hydrogens (tertiary/aromatic N) is 2. The SMILES string of the molecule is NCC1(N2CCSCC2)CCN2CCCCC21. The standard InChI is InChI=1S/C13H25N3S/c14-11-13(16-7-9-17-10-8-16)4-6-15-5-2-1-3-12(13)15/h12H,1-11,14H2. The van der Waals surface area contributed by atoms with Crippen LogP contribution in [0.4, 0.5) is 0 Å². The van der Waals surface area contributed by atoms with E-state index in [1.54, 1.807) is 0 Å². The molecule has 2 unspecified atom stereocenters. The van der Waals surface area contributed by atoms with Crippen LogP contribution >= 0.6 is 11.8 Å². The highest BCUT2D eigenvalue weighted by molar-refractivity contribution is 7.99. The summed E-state index contributed by atoms with van der Waals surface area (Å²) in [6.07, 6.45) is 5.48. The molecule has 98 valence electrons. The molecule has 4 heteroatoms. The van der Waals surface area contributed by atoms with Gasteiger partial charge in [0.1, 0.15) is 0 Å². The lowest BCUT2D eigenvalue weighted by atomic mass is 9.83. The van der Waals surface area contributed by atoms with E-state index in [4.69, 9.17) is 5.73 Å². The molecule has 17 heavy (non-hydrogen) atoms. The molecule has 0 spiro atoms. The summed E-state index contributed by atoms with van der Waals surface area (Å²) in [5, 5.41) is 0. The minimum Gasteiger partial charge on any atom is -0.329 e. The van der Waals surface area contributed by atoms with Gasteiger partial charge in [-0.1, -0.05) is 6.42 Å². The molecule has 3 aliphatic heterocycles. The van der Waals surface area contributed by atoms with Gasteiger partial charge in [0, 0.05) is 49.3 Å². The molecule has 3 nitrogen and oxygen atoms in total. The van der Waals surface area contributed by atoms with Crippen LogP contribution in [0.2, 0.25) is 0 Å². The first-order chi connectivity index (χ1) is 8.37. The van der Waals surface area contributed by atoms with E-state index in [2.05, 4.69) is 21.6 Å². The summed E-state index contributed by atoms with van der Waals surface area (Å²) >= 11 is 2.10. The van der Waals surface area contributed by atoms with Crippen LogP contribution in [0, 0.1) is 0 Å². The third-order valence-electron chi connectivity index (χ3n) is 5.06. The largest absolute Gasteiger partial charge is 0.329 e. The van der Waals surface area contributed by atoms with Gasteiger partial charge in [-0.3, -0.25) is 9.80 Å². The van der Waals surface area contributed by atoms with E-state index in [-0.39, 0.29) is 0 Å². The Labute approximate surface area is 109 Å². The van der Waals surface area contributed by atoms with E-state index in [1.807, 2.05) is 0 Å². The molecule has 3 heterocycles. The topological polar surface area (TPSA) is 32.5 Å². The monoisotopic (exact) mass is 255 g/mol. The zero-order chi connectivity index (χ0) is 11.7. The minimum absolute atomic E-state index is 0.321. The molecule has 3 fully saturated rings. The first-order valence-corrected chi connectivity index (χ1v) is 8.29. The maximum atomic E-state index is 6.23. The highest BCUT2D eigenvalue weighted by atomic mass is 32.2. The third kappa shape index (κ3) is 2.03. The highest BCUT2D eigenvalue weighted by Crippen LogP contribution is 2.39. The van der Waals surface area contributed by atoms with Crippen LogP contribution < -0.4 is 5.73 Å². The molecule has 3 aliphatic rings. The van der Waals surface area contributed by atoms with Gasteiger partial charge < -0.3 is 5.73 Å². The Bertz CT molecular complexity index is 267. The van der Waals surface area contributed by atoms with Gasteiger partial charge in [0.2, 0.25) is 0 Å². The molecule has 0 aliphatic carbocycles. The number of rotatable bonds is 2. The van der Waals surface area contributed by atoms with Crippen molar-refractivity contribution in [3.63, 3.8) is 0 Å². The molecular weight excluding hydrogens is 230 g/mol. The zero-order valence-corrected chi connectivity index (χ0v) is 11.6. The summed E-state index contributed by atoms with van der Waals surface area (Å²) in [6.45, 7) is 5.97. The number of fused-ring (bicyclic) bond motifs is 1. The molecule has 0 aromatic rings. The van der Waals surface area contributed by atoms with Gasteiger partial charge >= 0.3 is 0 Å². The Morgan fingerprint density at radius 2 is 1.94 bits per heavy atom. The maximum Gasteiger partial charge on any atom is 0.0499 e. The molecule has 3 saturated heterocycles. The average Bonchev–Trinajstić information content (AvgIpc) is 2.80. The minimum atomic E-state index is 0.321. The summed E-state index contributed by atoms with van der Waals surface area (Å²) in [5.41, 5.74) is 6.55. The van der Waals surface area contributed by atoms with Crippen molar-refractivity contribution < 1.29 is 0 Å². The van der Waals surface area contributed by atoms with E-state index >= 15 is 0 Å². The quantitative estimate of drug-likeness (QED) is 0.798. The molecule has 0 aromatic heterocycles. The van der Waals surface area contributed by atoms with Gasteiger partial charge in [-0.25, -0.2) is 0 Å². The van der Waals surface area contributed by atoms with Gasteiger partial charge in [-0.15, -0.1) is 0 Å². The van der Waals surface area contributed by atoms with Gasteiger partial charge in [0.05, 0.1) is 0 Å². The lowest BCUT2D eigenvalue weighted by Crippen LogP contribution is -2.63. The molecule has 0 bridgehead atoms. The van der Waals surface area contributed by atoms with Gasteiger partial charge in [-0.05, 0) is 25.8 Å². The summed E-state index contributed by atoms with van der Waals surface area (Å²) in [5.74, 6) is 2.60. The predicted octanol–water partition coefficient (Wildman–Crippen LogP) is 0.991. The second kappa shape index (κ2) is 5.08. The van der Waals surface area contributed by atoms with E-state index in [0.29, 0.717) is 5.54 Å². The van der Waals surface area contributed by atoms with Crippen molar-refractivity contribution in [2.75, 3.05) is 44.2 Å². The number of hydrogen-bond donors (Lipinski definition) is 1. The summed E-state index contributed by atoms with van der Waals surface area (Å²) in [7, 11) is 0. The fourth-order valence-electron chi connectivity index (χ4n) is 4.12. The number of hydrogen-bond acceptors (Lipinski definition) is 4. The summed E-state index contributed by atoms with van der Waals surface area (Å²) in [4.78, 5) is 5.46. The van der Waals surface area contributed by atoms with Crippen LogP contribution in [-0.2, 0) is 0 Å². The Kier molecular flexibility index (Phi) is 3.67. The lowest BCUT2D eigenvalue weighted by molar-refractivity contribution is 0.0446. The van der Waals surface area contributed by atoms with Gasteiger partial charge in [-0.2, -0.15) is 11.8 Å². The van der Waals surface area contributed by atoms with E-state index in [0.717, 1.165) is 12.6 Å². The molecule has 0 aromatic carbocycles. The van der Waals surface area contributed by atoms with Crippen LogP contribution in [0.25, 0.3) is 0 Å². The van der Waals surface area contributed by atoms with Crippen LogP contribution in [0.3, 0.4) is 0 Å². The second-order valence-electron chi connectivity index (χ2n) is 5.70. The fraction of sp³-hybridized carbons (Fsp3) is 1.00. The molecule has 2 atom stereocenters. The predicted molar refractivity (Wildman–Crippen MR) is 74.5 cm³/mol. The Balaban J connectivity index is 1.80. The highest BCUT2D eigenvalue weighted by Gasteiger charge is 2.50. The van der Waals surface area contributed by atoms with Crippen LogP contribution in [0.5, 0.6) is 0 Å². The lowest BCUT2D eigenvalue weighted by Gasteiger charge is -2.48. The average molecular weight is 255 g/mol. The van der Waals surface area contributed by atoms with Crippen LogP contribution in [0.1, 0.15) is 25.7 Å². The van der Waals surface area contributed by atoms with Crippen molar-refractivity contribution >= 4 is 11.8 Å². The first-order valence-electron chi connectivity index (χ1n) is 7.14. The Hall–Kier alpha value is 0.230. The van der Waals surface area contributed by atoms with E-state index < -0.39 is 0 Å². The second-order valence-corrected chi connectivity index (χ2v) is 6.93. The molecule has 0 amide bonds. The van der Waals surface area contributed by atoms with Gasteiger partial charge in [0.15, 0.2) is 0 Å². The number of nitrogens with two attached hydrogens (primary N) is 1. The Morgan fingerprint density at radius 1 is 1.12 bits per heavy atom.